The molecule has 0 saturated carbocycles. The Hall–Kier alpha value is -1.90. The molecule has 0 aliphatic heterocycles. The van der Waals surface area contributed by atoms with Crippen LogP contribution in [0.1, 0.15) is 13.8 Å². The van der Waals surface area contributed by atoms with Crippen molar-refractivity contribution in [3.05, 3.63) is 15.3 Å². The lowest BCUT2D eigenvalue weighted by Gasteiger charge is -2.30. The number of quaternary nitrogens is 1. The SMILES string of the molecule is CCOC(=O)C(C(=O)OCC)[N+](C)(C)C.O=[N+]([O-])[O-]. The Morgan fingerprint density at radius 1 is 1.05 bits per heavy atom. The highest BCUT2D eigenvalue weighted by Gasteiger charge is 2.41. The Morgan fingerprint density at radius 3 is 1.47 bits per heavy atom. The van der Waals surface area contributed by atoms with Crippen LogP contribution in [0.25, 0.3) is 0 Å². The Bertz CT molecular complexity index is 289. The van der Waals surface area contributed by atoms with Gasteiger partial charge in [-0.25, -0.2) is 9.59 Å². The first kappa shape index (κ1) is 19.4. The van der Waals surface area contributed by atoms with E-state index >= 15 is 0 Å². The number of likely N-dealkylation sites (N-methyl/N-ethyl adjacent to an activating group) is 1. The molecular weight excluding hydrogens is 260 g/mol. The third-order valence-electron chi connectivity index (χ3n) is 1.79. The molecule has 9 nitrogen and oxygen atoms in total. The lowest BCUT2D eigenvalue weighted by molar-refractivity contribution is -0.879. The molecule has 0 aromatic heterocycles. The molecule has 0 aromatic carbocycles. The van der Waals surface area contributed by atoms with Crippen LogP contribution in [0.2, 0.25) is 0 Å². The van der Waals surface area contributed by atoms with E-state index in [2.05, 4.69) is 0 Å². The van der Waals surface area contributed by atoms with Gasteiger partial charge in [0.15, 0.2) is 0 Å². The summed E-state index contributed by atoms with van der Waals surface area (Å²) in [7, 11) is 5.25. The van der Waals surface area contributed by atoms with Gasteiger partial charge < -0.3 is 29.3 Å². The number of ether oxygens (including phenoxy) is 2. The van der Waals surface area contributed by atoms with Crippen molar-refractivity contribution >= 4 is 11.9 Å². The Kier molecular flexibility index (Phi) is 9.30. The molecule has 0 rings (SSSR count). The maximum Gasteiger partial charge on any atom is 0.377 e. The minimum absolute atomic E-state index is 0.164. The minimum Gasteiger partial charge on any atom is -0.461 e. The number of carbonyl (C=O) groups is 2. The van der Waals surface area contributed by atoms with Crippen LogP contribution in [-0.4, -0.2) is 61.9 Å². The van der Waals surface area contributed by atoms with Gasteiger partial charge in [0.1, 0.15) is 0 Å². The van der Waals surface area contributed by atoms with Crippen LogP contribution in [0.5, 0.6) is 0 Å². The predicted molar refractivity (Wildman–Crippen MR) is 65.4 cm³/mol. The van der Waals surface area contributed by atoms with Gasteiger partial charge in [-0.05, 0) is 13.8 Å². The van der Waals surface area contributed by atoms with E-state index in [9.17, 15) is 9.59 Å². The Balaban J connectivity index is 0. The molecular formula is C10H20N2O7. The molecule has 0 bridgehead atoms. The van der Waals surface area contributed by atoms with E-state index < -0.39 is 23.1 Å². The maximum atomic E-state index is 11.6. The van der Waals surface area contributed by atoms with Gasteiger partial charge in [-0.3, -0.25) is 0 Å². The molecule has 0 aromatic rings. The standard InChI is InChI=1S/C10H20NO4.NO3/c1-6-14-9(12)8(11(3,4)5)10(13)15-7-2;2-1(3)4/h8H,6-7H2,1-5H3;/q+1;-1. The van der Waals surface area contributed by atoms with E-state index in [1.54, 1.807) is 35.0 Å². The van der Waals surface area contributed by atoms with E-state index in [1.165, 1.54) is 0 Å². The Labute approximate surface area is 111 Å². The van der Waals surface area contributed by atoms with E-state index in [0.717, 1.165) is 0 Å². The molecule has 0 fully saturated rings. The zero-order valence-corrected chi connectivity index (χ0v) is 11.7. The molecule has 0 heterocycles. The first-order valence-corrected chi connectivity index (χ1v) is 5.53. The van der Waals surface area contributed by atoms with Crippen molar-refractivity contribution in [3.8, 4) is 0 Å². The predicted octanol–water partition coefficient (Wildman–Crippen LogP) is -0.0517. The van der Waals surface area contributed by atoms with Crippen LogP contribution >= 0.6 is 0 Å². The average molecular weight is 280 g/mol. The number of carbonyl (C=O) groups excluding carboxylic acids is 2. The second-order valence-corrected chi connectivity index (χ2v) is 4.25. The smallest absolute Gasteiger partial charge is 0.377 e. The summed E-state index contributed by atoms with van der Waals surface area (Å²) < 4.78 is 9.85. The molecule has 9 heteroatoms. The van der Waals surface area contributed by atoms with E-state index in [0.29, 0.717) is 0 Å². The van der Waals surface area contributed by atoms with E-state index in [-0.39, 0.29) is 17.7 Å². The maximum absolute atomic E-state index is 11.6. The van der Waals surface area contributed by atoms with E-state index in [4.69, 9.17) is 24.8 Å². The fourth-order valence-corrected chi connectivity index (χ4v) is 1.17. The molecule has 112 valence electrons. The monoisotopic (exact) mass is 280 g/mol. The van der Waals surface area contributed by atoms with Gasteiger partial charge in [0.05, 0.1) is 39.4 Å². The van der Waals surface area contributed by atoms with Crippen molar-refractivity contribution < 1.29 is 28.6 Å². The van der Waals surface area contributed by atoms with Crippen molar-refractivity contribution in [1.29, 1.82) is 0 Å². The summed E-state index contributed by atoms with van der Waals surface area (Å²) >= 11 is 0. The van der Waals surface area contributed by atoms with Crippen LogP contribution in [-0.2, 0) is 19.1 Å². The lowest BCUT2D eigenvalue weighted by atomic mass is 10.2. The normalized spacial score (nSPS) is 10.2. The summed E-state index contributed by atoms with van der Waals surface area (Å²) in [6.07, 6.45) is 0. The second-order valence-electron chi connectivity index (χ2n) is 4.25. The average Bonchev–Trinajstić information content (AvgIpc) is 2.14. The quantitative estimate of drug-likeness (QED) is 0.227. The minimum atomic E-state index is -1.75. The van der Waals surface area contributed by atoms with Crippen LogP contribution < -0.4 is 0 Å². The van der Waals surface area contributed by atoms with Gasteiger partial charge in [0.25, 0.3) is 6.04 Å². The van der Waals surface area contributed by atoms with Crippen molar-refractivity contribution in [1.82, 2.24) is 0 Å². The molecule has 0 amide bonds. The third kappa shape index (κ3) is 9.77. The molecule has 0 atom stereocenters. The number of rotatable bonds is 5. The first-order chi connectivity index (χ1) is 8.57. The molecule has 0 aliphatic carbocycles. The van der Waals surface area contributed by atoms with Gasteiger partial charge in [-0.1, -0.05) is 0 Å². The summed E-state index contributed by atoms with van der Waals surface area (Å²) in [6.45, 7) is 3.93. The zero-order chi connectivity index (χ0) is 15.6. The summed E-state index contributed by atoms with van der Waals surface area (Å²) in [5.74, 6) is -1.08. The largest absolute Gasteiger partial charge is 0.461 e. The fourth-order valence-electron chi connectivity index (χ4n) is 1.17. The van der Waals surface area contributed by atoms with Crippen molar-refractivity contribution in [2.45, 2.75) is 19.9 Å². The molecule has 0 radical (unpaired) electrons. The second kappa shape index (κ2) is 9.09. The van der Waals surface area contributed by atoms with Gasteiger partial charge in [-0.15, -0.1) is 0 Å². The highest BCUT2D eigenvalue weighted by Crippen LogP contribution is 2.07. The zero-order valence-electron chi connectivity index (χ0n) is 11.7. The molecule has 0 aliphatic rings. The molecule has 0 unspecified atom stereocenters. The molecule has 19 heavy (non-hydrogen) atoms. The topological polar surface area (TPSA) is 119 Å². The number of hydrogen-bond acceptors (Lipinski definition) is 7. The third-order valence-corrected chi connectivity index (χ3v) is 1.79. The number of nitrogens with zero attached hydrogens (tertiary/aromatic N) is 2. The van der Waals surface area contributed by atoms with Crippen LogP contribution in [0.4, 0.5) is 0 Å². The summed E-state index contributed by atoms with van der Waals surface area (Å²) in [6, 6.07) is -0.912. The van der Waals surface area contributed by atoms with Crippen molar-refractivity contribution in [3.63, 3.8) is 0 Å². The number of hydrogen-bond donors (Lipinski definition) is 0. The van der Waals surface area contributed by atoms with Gasteiger partial charge in [-0.2, -0.15) is 0 Å². The van der Waals surface area contributed by atoms with Crippen molar-refractivity contribution in [2.24, 2.45) is 0 Å². The highest BCUT2D eigenvalue weighted by atomic mass is 16.9. The highest BCUT2D eigenvalue weighted by molar-refractivity contribution is 5.97. The summed E-state index contributed by atoms with van der Waals surface area (Å²) in [4.78, 5) is 31.4. The van der Waals surface area contributed by atoms with E-state index in [1.807, 2.05) is 0 Å². The van der Waals surface area contributed by atoms with Crippen LogP contribution in [0.3, 0.4) is 0 Å². The molecule has 0 spiro atoms. The van der Waals surface area contributed by atoms with Gasteiger partial charge in [0, 0.05) is 0 Å². The number of esters is 2. The van der Waals surface area contributed by atoms with Crippen molar-refractivity contribution in [2.75, 3.05) is 34.4 Å². The fraction of sp³-hybridized carbons (Fsp3) is 0.800. The lowest BCUT2D eigenvalue weighted by Crippen LogP contribution is -2.55. The van der Waals surface area contributed by atoms with Gasteiger partial charge >= 0.3 is 11.9 Å². The van der Waals surface area contributed by atoms with Crippen LogP contribution in [0, 0.1) is 15.3 Å². The Morgan fingerprint density at radius 2 is 1.32 bits per heavy atom. The van der Waals surface area contributed by atoms with Gasteiger partial charge in [0.2, 0.25) is 0 Å². The van der Waals surface area contributed by atoms with Crippen LogP contribution in [0.15, 0.2) is 0 Å². The molecule has 0 N–H and O–H groups in total. The summed E-state index contributed by atoms with van der Waals surface area (Å²) in [5.41, 5.74) is 0. The first-order valence-electron chi connectivity index (χ1n) is 5.53. The molecule has 0 saturated heterocycles. The summed E-state index contributed by atoms with van der Waals surface area (Å²) in [5, 5.41) is 14.8.